The van der Waals surface area contributed by atoms with Gasteiger partial charge in [-0.05, 0) is 57.5 Å². The largest absolute Gasteiger partial charge is 0.508 e. The second-order valence-electron chi connectivity index (χ2n) is 5.75. The molecule has 106 valence electrons. The van der Waals surface area contributed by atoms with Crippen molar-refractivity contribution in [1.82, 2.24) is 10.2 Å². The summed E-state index contributed by atoms with van der Waals surface area (Å²) in [4.78, 5) is 2.55. The zero-order valence-electron chi connectivity index (χ0n) is 12.1. The van der Waals surface area contributed by atoms with Crippen LogP contribution in [0.25, 0.3) is 0 Å². The monoisotopic (exact) mass is 262 g/mol. The van der Waals surface area contributed by atoms with Gasteiger partial charge in [0.1, 0.15) is 5.75 Å². The van der Waals surface area contributed by atoms with E-state index in [1.807, 2.05) is 12.1 Å². The minimum atomic E-state index is 0.270. The summed E-state index contributed by atoms with van der Waals surface area (Å²) in [7, 11) is 0. The predicted molar refractivity (Wildman–Crippen MR) is 79.4 cm³/mol. The van der Waals surface area contributed by atoms with Crippen molar-refractivity contribution < 1.29 is 5.11 Å². The zero-order chi connectivity index (χ0) is 13.7. The summed E-state index contributed by atoms with van der Waals surface area (Å²) >= 11 is 0. The second-order valence-corrected chi connectivity index (χ2v) is 5.75. The quantitative estimate of drug-likeness (QED) is 0.856. The fourth-order valence-electron chi connectivity index (χ4n) is 2.90. The third kappa shape index (κ3) is 4.51. The van der Waals surface area contributed by atoms with Gasteiger partial charge >= 0.3 is 0 Å². The molecule has 1 aromatic carbocycles. The summed E-state index contributed by atoms with van der Waals surface area (Å²) in [6.07, 6.45) is 4.07. The number of nitrogens with zero attached hydrogens (tertiary/aromatic N) is 1. The Labute approximate surface area is 116 Å². The fourth-order valence-corrected chi connectivity index (χ4v) is 2.90. The highest BCUT2D eigenvalue weighted by molar-refractivity contribution is 5.29. The molecule has 0 amide bonds. The summed E-state index contributed by atoms with van der Waals surface area (Å²) in [6, 6.07) is 8.25. The Morgan fingerprint density at radius 3 is 2.63 bits per heavy atom. The molecule has 0 aliphatic carbocycles. The first kappa shape index (κ1) is 14.4. The first-order valence-electron chi connectivity index (χ1n) is 7.42. The molecule has 3 nitrogen and oxygen atoms in total. The lowest BCUT2D eigenvalue weighted by Crippen LogP contribution is -2.42. The van der Waals surface area contributed by atoms with E-state index in [4.69, 9.17) is 0 Å². The molecule has 2 unspecified atom stereocenters. The van der Waals surface area contributed by atoms with Crippen LogP contribution in [0.2, 0.25) is 0 Å². The van der Waals surface area contributed by atoms with E-state index in [2.05, 4.69) is 30.1 Å². The third-order valence-electron chi connectivity index (χ3n) is 3.89. The number of benzene rings is 1. The maximum atomic E-state index is 9.52. The molecule has 1 aliphatic heterocycles. The molecule has 19 heavy (non-hydrogen) atoms. The van der Waals surface area contributed by atoms with E-state index in [1.54, 1.807) is 6.07 Å². The molecular weight excluding hydrogens is 236 g/mol. The van der Waals surface area contributed by atoms with Crippen LogP contribution >= 0.6 is 0 Å². The zero-order valence-corrected chi connectivity index (χ0v) is 12.1. The van der Waals surface area contributed by atoms with E-state index in [9.17, 15) is 5.11 Å². The van der Waals surface area contributed by atoms with Gasteiger partial charge in [0.2, 0.25) is 0 Å². The summed E-state index contributed by atoms with van der Waals surface area (Å²) in [6.45, 7) is 8.00. The number of phenols is 1. The van der Waals surface area contributed by atoms with Gasteiger partial charge in [-0.2, -0.15) is 0 Å². The Kier molecular flexibility index (Phi) is 5.23. The molecule has 1 aromatic rings. The van der Waals surface area contributed by atoms with Crippen molar-refractivity contribution in [1.29, 1.82) is 0 Å². The van der Waals surface area contributed by atoms with E-state index >= 15 is 0 Å². The van der Waals surface area contributed by atoms with Crippen molar-refractivity contribution in [3.05, 3.63) is 29.8 Å². The minimum Gasteiger partial charge on any atom is -0.508 e. The summed E-state index contributed by atoms with van der Waals surface area (Å²) in [5, 5.41) is 13.1. The number of aromatic hydroxyl groups is 1. The maximum Gasteiger partial charge on any atom is 0.115 e. The van der Waals surface area contributed by atoms with Crippen molar-refractivity contribution in [2.24, 2.45) is 0 Å². The Morgan fingerprint density at radius 1 is 1.21 bits per heavy atom. The highest BCUT2D eigenvalue weighted by Gasteiger charge is 2.15. The standard InChI is InChI=1S/C16H26N2O/c1-13(12-18-9-4-3-5-10-18)17-14(2)15-7-6-8-16(19)11-15/h6-8,11,13-14,17,19H,3-5,9-10,12H2,1-2H3. The molecule has 1 heterocycles. The smallest absolute Gasteiger partial charge is 0.115 e. The van der Waals surface area contributed by atoms with Crippen LogP contribution in [0.15, 0.2) is 24.3 Å². The molecule has 0 aromatic heterocycles. The van der Waals surface area contributed by atoms with Gasteiger partial charge in [0.25, 0.3) is 0 Å². The van der Waals surface area contributed by atoms with Crippen molar-refractivity contribution in [2.75, 3.05) is 19.6 Å². The number of likely N-dealkylation sites (tertiary alicyclic amines) is 1. The molecule has 2 rings (SSSR count). The highest BCUT2D eigenvalue weighted by atomic mass is 16.3. The first-order chi connectivity index (χ1) is 9.15. The van der Waals surface area contributed by atoms with E-state index in [0.717, 1.165) is 12.1 Å². The first-order valence-corrected chi connectivity index (χ1v) is 7.42. The number of piperidine rings is 1. The van der Waals surface area contributed by atoms with Crippen LogP contribution in [-0.2, 0) is 0 Å². The van der Waals surface area contributed by atoms with Crippen LogP contribution < -0.4 is 5.32 Å². The van der Waals surface area contributed by atoms with Gasteiger partial charge in [-0.15, -0.1) is 0 Å². The van der Waals surface area contributed by atoms with Gasteiger partial charge in [0.15, 0.2) is 0 Å². The Balaban J connectivity index is 1.82. The van der Waals surface area contributed by atoms with E-state index in [1.165, 1.54) is 32.4 Å². The molecule has 3 heteroatoms. The maximum absolute atomic E-state index is 9.52. The van der Waals surface area contributed by atoms with Gasteiger partial charge in [-0.3, -0.25) is 0 Å². The van der Waals surface area contributed by atoms with Gasteiger partial charge in [-0.25, -0.2) is 0 Å². The Morgan fingerprint density at radius 2 is 1.95 bits per heavy atom. The third-order valence-corrected chi connectivity index (χ3v) is 3.89. The van der Waals surface area contributed by atoms with Gasteiger partial charge in [0, 0.05) is 18.6 Å². The van der Waals surface area contributed by atoms with Gasteiger partial charge in [0.05, 0.1) is 0 Å². The van der Waals surface area contributed by atoms with E-state index in [-0.39, 0.29) is 6.04 Å². The molecule has 1 fully saturated rings. The van der Waals surface area contributed by atoms with Crippen LogP contribution in [0.3, 0.4) is 0 Å². The Hall–Kier alpha value is -1.06. The highest BCUT2D eigenvalue weighted by Crippen LogP contribution is 2.18. The van der Waals surface area contributed by atoms with Crippen LogP contribution in [-0.4, -0.2) is 35.7 Å². The van der Waals surface area contributed by atoms with Gasteiger partial charge < -0.3 is 15.3 Å². The average Bonchev–Trinajstić information content (AvgIpc) is 2.39. The van der Waals surface area contributed by atoms with Crippen LogP contribution in [0.1, 0.15) is 44.7 Å². The number of hydrogen-bond donors (Lipinski definition) is 2. The topological polar surface area (TPSA) is 35.5 Å². The fraction of sp³-hybridized carbons (Fsp3) is 0.625. The lowest BCUT2D eigenvalue weighted by atomic mass is 10.1. The van der Waals surface area contributed by atoms with Crippen molar-refractivity contribution in [3.8, 4) is 5.75 Å². The van der Waals surface area contributed by atoms with Gasteiger partial charge in [-0.1, -0.05) is 18.6 Å². The normalized spacial score (nSPS) is 20.1. The molecular formula is C16H26N2O. The summed E-state index contributed by atoms with van der Waals surface area (Å²) in [5.41, 5.74) is 1.14. The Bertz CT molecular complexity index is 388. The number of nitrogens with one attached hydrogen (secondary N) is 1. The molecule has 0 radical (unpaired) electrons. The molecule has 0 saturated carbocycles. The number of rotatable bonds is 5. The molecule has 1 aliphatic rings. The molecule has 0 spiro atoms. The van der Waals surface area contributed by atoms with Crippen molar-refractivity contribution in [2.45, 2.75) is 45.2 Å². The van der Waals surface area contributed by atoms with Crippen LogP contribution in [0.4, 0.5) is 0 Å². The predicted octanol–water partition coefficient (Wildman–Crippen LogP) is 2.92. The van der Waals surface area contributed by atoms with E-state index < -0.39 is 0 Å². The minimum absolute atomic E-state index is 0.270. The van der Waals surface area contributed by atoms with Crippen LogP contribution in [0, 0.1) is 0 Å². The van der Waals surface area contributed by atoms with Crippen molar-refractivity contribution >= 4 is 0 Å². The number of hydrogen-bond acceptors (Lipinski definition) is 3. The molecule has 2 N–H and O–H groups in total. The average molecular weight is 262 g/mol. The molecule has 0 bridgehead atoms. The second kappa shape index (κ2) is 6.92. The van der Waals surface area contributed by atoms with E-state index in [0.29, 0.717) is 11.8 Å². The molecule has 1 saturated heterocycles. The number of phenolic OH excluding ortho intramolecular Hbond substituents is 1. The van der Waals surface area contributed by atoms with Crippen LogP contribution in [0.5, 0.6) is 5.75 Å². The summed E-state index contributed by atoms with van der Waals surface area (Å²) in [5.74, 6) is 0.342. The van der Waals surface area contributed by atoms with Crippen molar-refractivity contribution in [3.63, 3.8) is 0 Å². The lowest BCUT2D eigenvalue weighted by molar-refractivity contribution is 0.205. The molecule has 2 atom stereocenters. The summed E-state index contributed by atoms with van der Waals surface area (Å²) < 4.78 is 0. The SMILES string of the molecule is CC(CN1CCCCC1)NC(C)c1cccc(O)c1. The lowest BCUT2D eigenvalue weighted by Gasteiger charge is -2.30.